The summed E-state index contributed by atoms with van der Waals surface area (Å²) in [5, 5.41) is 3.39. The maximum atomic E-state index is 12.9. The van der Waals surface area contributed by atoms with E-state index in [2.05, 4.69) is 19.2 Å². The lowest BCUT2D eigenvalue weighted by atomic mass is 9.93. The third-order valence-electron chi connectivity index (χ3n) is 5.03. The molecule has 0 aromatic heterocycles. The standard InChI is InChI=1S/C16H24N2O2S/c1-3-12-5-7-14(8-6-12)21(19,20)18-11-13-9-17-10-15(13)16(18)4-2/h5-8,13,15-17H,3-4,9-11H2,1-2H3. The van der Waals surface area contributed by atoms with E-state index in [0.29, 0.717) is 23.3 Å². The number of hydrogen-bond donors (Lipinski definition) is 1. The number of hydrogen-bond acceptors (Lipinski definition) is 3. The normalized spacial score (nSPS) is 29.7. The molecule has 21 heavy (non-hydrogen) atoms. The highest BCUT2D eigenvalue weighted by Crippen LogP contribution is 2.37. The Labute approximate surface area is 127 Å². The smallest absolute Gasteiger partial charge is 0.243 e. The van der Waals surface area contributed by atoms with Crippen molar-refractivity contribution < 1.29 is 8.42 Å². The topological polar surface area (TPSA) is 49.4 Å². The van der Waals surface area contributed by atoms with E-state index in [1.807, 2.05) is 12.1 Å². The minimum absolute atomic E-state index is 0.140. The van der Waals surface area contributed by atoms with Crippen LogP contribution in [0.15, 0.2) is 29.2 Å². The van der Waals surface area contributed by atoms with Crippen molar-refractivity contribution in [3.05, 3.63) is 29.8 Å². The number of nitrogens with zero attached hydrogens (tertiary/aromatic N) is 1. The zero-order valence-corrected chi connectivity index (χ0v) is 13.6. The minimum Gasteiger partial charge on any atom is -0.316 e. The number of sulfonamides is 1. The van der Waals surface area contributed by atoms with Gasteiger partial charge >= 0.3 is 0 Å². The highest BCUT2D eigenvalue weighted by molar-refractivity contribution is 7.89. The monoisotopic (exact) mass is 308 g/mol. The number of rotatable bonds is 4. The molecule has 0 saturated carbocycles. The molecule has 3 unspecified atom stereocenters. The number of nitrogens with one attached hydrogen (secondary N) is 1. The number of fused-ring (bicyclic) bond motifs is 1. The van der Waals surface area contributed by atoms with Crippen molar-refractivity contribution >= 4 is 10.0 Å². The highest BCUT2D eigenvalue weighted by Gasteiger charge is 2.48. The molecule has 2 heterocycles. The molecule has 1 aromatic rings. The second-order valence-corrected chi connectivity index (χ2v) is 8.02. The van der Waals surface area contributed by atoms with Gasteiger partial charge in [0.05, 0.1) is 4.90 Å². The Hall–Kier alpha value is -0.910. The van der Waals surface area contributed by atoms with Crippen LogP contribution in [-0.2, 0) is 16.4 Å². The average Bonchev–Trinajstić information content (AvgIpc) is 3.07. The van der Waals surface area contributed by atoms with Gasteiger partial charge in [0, 0.05) is 12.6 Å². The van der Waals surface area contributed by atoms with Crippen molar-refractivity contribution in [3.8, 4) is 0 Å². The zero-order chi connectivity index (χ0) is 15.0. The van der Waals surface area contributed by atoms with Gasteiger partial charge in [0.15, 0.2) is 0 Å². The number of aryl methyl sites for hydroxylation is 1. The molecule has 2 saturated heterocycles. The largest absolute Gasteiger partial charge is 0.316 e. The molecule has 1 aromatic carbocycles. The average molecular weight is 308 g/mol. The molecule has 0 radical (unpaired) electrons. The summed E-state index contributed by atoms with van der Waals surface area (Å²) in [6.07, 6.45) is 1.81. The third kappa shape index (κ3) is 2.51. The molecule has 0 bridgehead atoms. The second kappa shape index (κ2) is 5.71. The summed E-state index contributed by atoms with van der Waals surface area (Å²) >= 11 is 0. The van der Waals surface area contributed by atoms with Gasteiger partial charge in [0.2, 0.25) is 10.0 Å². The van der Waals surface area contributed by atoms with Gasteiger partial charge in [-0.05, 0) is 55.5 Å². The first-order chi connectivity index (χ1) is 10.1. The zero-order valence-electron chi connectivity index (χ0n) is 12.7. The Morgan fingerprint density at radius 3 is 2.52 bits per heavy atom. The van der Waals surface area contributed by atoms with E-state index in [4.69, 9.17) is 0 Å². The summed E-state index contributed by atoms with van der Waals surface area (Å²) in [7, 11) is -3.36. The lowest BCUT2D eigenvalue weighted by molar-refractivity contribution is 0.329. The van der Waals surface area contributed by atoms with Crippen LogP contribution < -0.4 is 5.32 Å². The molecule has 3 atom stereocenters. The Morgan fingerprint density at radius 2 is 1.90 bits per heavy atom. The fourth-order valence-electron chi connectivity index (χ4n) is 3.80. The minimum atomic E-state index is -3.36. The Morgan fingerprint density at radius 1 is 1.19 bits per heavy atom. The first-order valence-corrected chi connectivity index (χ1v) is 9.33. The van der Waals surface area contributed by atoms with Crippen molar-refractivity contribution in [1.82, 2.24) is 9.62 Å². The Kier molecular flexibility index (Phi) is 4.08. The van der Waals surface area contributed by atoms with Gasteiger partial charge in [-0.15, -0.1) is 0 Å². The van der Waals surface area contributed by atoms with Crippen molar-refractivity contribution in [2.75, 3.05) is 19.6 Å². The van der Waals surface area contributed by atoms with Crippen molar-refractivity contribution in [1.29, 1.82) is 0 Å². The van der Waals surface area contributed by atoms with Gasteiger partial charge < -0.3 is 5.32 Å². The first-order valence-electron chi connectivity index (χ1n) is 7.89. The molecule has 116 valence electrons. The van der Waals surface area contributed by atoms with Gasteiger partial charge in [-0.25, -0.2) is 8.42 Å². The highest BCUT2D eigenvalue weighted by atomic mass is 32.2. The summed E-state index contributed by atoms with van der Waals surface area (Å²) < 4.78 is 27.6. The molecular formula is C16H24N2O2S. The number of benzene rings is 1. The summed E-state index contributed by atoms with van der Waals surface area (Å²) in [5.74, 6) is 0.944. The van der Waals surface area contributed by atoms with E-state index in [-0.39, 0.29) is 6.04 Å². The van der Waals surface area contributed by atoms with Crippen LogP contribution in [0.1, 0.15) is 25.8 Å². The van der Waals surface area contributed by atoms with E-state index in [1.54, 1.807) is 16.4 Å². The molecule has 5 heteroatoms. The molecule has 2 aliphatic heterocycles. The fraction of sp³-hybridized carbons (Fsp3) is 0.625. The molecule has 1 N–H and O–H groups in total. The van der Waals surface area contributed by atoms with Crippen LogP contribution in [0.25, 0.3) is 0 Å². The van der Waals surface area contributed by atoms with E-state index in [0.717, 1.165) is 25.9 Å². The summed E-state index contributed by atoms with van der Waals surface area (Å²) in [4.78, 5) is 0.436. The molecule has 0 aliphatic carbocycles. The lowest BCUT2D eigenvalue weighted by Gasteiger charge is -2.26. The van der Waals surface area contributed by atoms with Gasteiger partial charge in [0.1, 0.15) is 0 Å². The molecule has 0 spiro atoms. The van der Waals surface area contributed by atoms with Crippen LogP contribution in [0.4, 0.5) is 0 Å². The van der Waals surface area contributed by atoms with Gasteiger partial charge in [-0.1, -0.05) is 26.0 Å². The van der Waals surface area contributed by atoms with E-state index < -0.39 is 10.0 Å². The first kappa shape index (κ1) is 15.0. The predicted octanol–water partition coefficient (Wildman–Crippen LogP) is 1.87. The Balaban J connectivity index is 1.90. The van der Waals surface area contributed by atoms with Gasteiger partial charge in [0.25, 0.3) is 0 Å². The molecule has 2 aliphatic rings. The maximum Gasteiger partial charge on any atom is 0.243 e. The van der Waals surface area contributed by atoms with Crippen LogP contribution in [0.5, 0.6) is 0 Å². The maximum absolute atomic E-state index is 12.9. The van der Waals surface area contributed by atoms with Crippen LogP contribution in [0.3, 0.4) is 0 Å². The summed E-state index contributed by atoms with van der Waals surface area (Å²) in [6.45, 7) is 6.72. The third-order valence-corrected chi connectivity index (χ3v) is 6.93. The molecule has 4 nitrogen and oxygen atoms in total. The fourth-order valence-corrected chi connectivity index (χ4v) is 5.60. The second-order valence-electron chi connectivity index (χ2n) is 6.13. The van der Waals surface area contributed by atoms with Crippen molar-refractivity contribution in [2.24, 2.45) is 11.8 Å². The van der Waals surface area contributed by atoms with Crippen LogP contribution in [0, 0.1) is 11.8 Å². The Bertz CT molecular complexity index is 597. The molecule has 2 fully saturated rings. The van der Waals surface area contributed by atoms with Crippen LogP contribution in [-0.4, -0.2) is 38.4 Å². The van der Waals surface area contributed by atoms with Crippen molar-refractivity contribution in [3.63, 3.8) is 0 Å². The predicted molar refractivity (Wildman–Crippen MR) is 83.6 cm³/mol. The van der Waals surface area contributed by atoms with Gasteiger partial charge in [-0.2, -0.15) is 4.31 Å². The summed E-state index contributed by atoms with van der Waals surface area (Å²) in [6, 6.07) is 7.50. The SMILES string of the molecule is CCc1ccc(S(=O)(=O)N2CC3CNCC3C2CC)cc1. The van der Waals surface area contributed by atoms with Gasteiger partial charge in [-0.3, -0.25) is 0 Å². The molecular weight excluding hydrogens is 284 g/mol. The quantitative estimate of drug-likeness (QED) is 0.924. The van der Waals surface area contributed by atoms with E-state index in [1.165, 1.54) is 5.56 Å². The summed E-state index contributed by atoms with van der Waals surface area (Å²) in [5.41, 5.74) is 1.17. The van der Waals surface area contributed by atoms with Crippen LogP contribution in [0.2, 0.25) is 0 Å². The van der Waals surface area contributed by atoms with Crippen molar-refractivity contribution in [2.45, 2.75) is 37.6 Å². The lowest BCUT2D eigenvalue weighted by Crippen LogP contribution is -2.39. The van der Waals surface area contributed by atoms with E-state index in [9.17, 15) is 8.42 Å². The molecule has 0 amide bonds. The van der Waals surface area contributed by atoms with E-state index >= 15 is 0 Å². The molecule has 3 rings (SSSR count). The van der Waals surface area contributed by atoms with Crippen LogP contribution >= 0.6 is 0 Å².